The molecule has 2 heterocycles. The van der Waals surface area contributed by atoms with Crippen molar-refractivity contribution in [3.8, 4) is 0 Å². The van der Waals surface area contributed by atoms with Crippen molar-refractivity contribution in [2.75, 3.05) is 18.1 Å². The number of amides is 1. The summed E-state index contributed by atoms with van der Waals surface area (Å²) in [5, 5.41) is 3.34. The third-order valence-electron chi connectivity index (χ3n) is 3.62. The first-order valence-corrected chi connectivity index (χ1v) is 9.86. The fourth-order valence-corrected chi connectivity index (χ4v) is 4.36. The van der Waals surface area contributed by atoms with Crippen molar-refractivity contribution < 1.29 is 13.2 Å². The lowest BCUT2D eigenvalue weighted by Gasteiger charge is -2.23. The third kappa shape index (κ3) is 3.95. The number of nitrogens with one attached hydrogen (secondary N) is 1. The lowest BCUT2D eigenvalue weighted by Crippen LogP contribution is -2.34. The predicted molar refractivity (Wildman–Crippen MR) is 89.8 cm³/mol. The van der Waals surface area contributed by atoms with E-state index in [9.17, 15) is 13.2 Å². The topological polar surface area (TPSA) is 79.4 Å². The molecule has 1 aliphatic rings. The largest absolute Gasteiger partial charge is 0.302 e. The zero-order valence-electron chi connectivity index (χ0n) is 12.7. The SMILES string of the molecule is CS(=O)(=O)N1CCc2nc(NC(=O)Cc3ccccc3)sc2C1. The molecule has 1 aromatic carbocycles. The normalized spacial score (nSPS) is 15.2. The van der Waals surface area contributed by atoms with Crippen molar-refractivity contribution in [1.82, 2.24) is 9.29 Å². The average molecular weight is 351 g/mol. The van der Waals surface area contributed by atoms with E-state index in [4.69, 9.17) is 0 Å². The summed E-state index contributed by atoms with van der Waals surface area (Å²) in [5.74, 6) is -0.123. The maximum atomic E-state index is 12.1. The number of anilines is 1. The molecule has 1 aromatic heterocycles. The van der Waals surface area contributed by atoms with Crippen molar-refractivity contribution in [3.63, 3.8) is 0 Å². The molecule has 23 heavy (non-hydrogen) atoms. The Balaban J connectivity index is 1.67. The molecule has 0 radical (unpaired) electrons. The molecule has 0 fully saturated rings. The number of carbonyl (C=O) groups excluding carboxylic acids is 1. The molecule has 3 rings (SSSR count). The highest BCUT2D eigenvalue weighted by molar-refractivity contribution is 7.88. The molecule has 0 bridgehead atoms. The highest BCUT2D eigenvalue weighted by Crippen LogP contribution is 2.29. The molecule has 1 aliphatic heterocycles. The highest BCUT2D eigenvalue weighted by Gasteiger charge is 2.26. The van der Waals surface area contributed by atoms with Gasteiger partial charge in [0.25, 0.3) is 0 Å². The molecule has 1 N–H and O–H groups in total. The van der Waals surface area contributed by atoms with Gasteiger partial charge in [-0.1, -0.05) is 30.3 Å². The molecule has 0 atom stereocenters. The molecule has 0 aliphatic carbocycles. The Morgan fingerprint density at radius 3 is 2.78 bits per heavy atom. The van der Waals surface area contributed by atoms with E-state index < -0.39 is 10.0 Å². The highest BCUT2D eigenvalue weighted by atomic mass is 32.2. The van der Waals surface area contributed by atoms with Gasteiger partial charge in [-0.05, 0) is 5.56 Å². The monoisotopic (exact) mass is 351 g/mol. The number of rotatable bonds is 4. The molecule has 0 unspecified atom stereocenters. The summed E-state index contributed by atoms with van der Waals surface area (Å²) in [6, 6.07) is 9.49. The second-order valence-electron chi connectivity index (χ2n) is 5.45. The minimum Gasteiger partial charge on any atom is -0.302 e. The number of benzene rings is 1. The molecule has 1 amide bonds. The maximum Gasteiger partial charge on any atom is 0.230 e. The number of nitrogens with zero attached hydrogens (tertiary/aromatic N) is 2. The lowest BCUT2D eigenvalue weighted by molar-refractivity contribution is -0.115. The molecule has 0 saturated carbocycles. The van der Waals surface area contributed by atoms with E-state index in [1.54, 1.807) is 0 Å². The quantitative estimate of drug-likeness (QED) is 0.908. The van der Waals surface area contributed by atoms with E-state index in [0.29, 0.717) is 31.1 Å². The second-order valence-corrected chi connectivity index (χ2v) is 8.51. The van der Waals surface area contributed by atoms with E-state index in [-0.39, 0.29) is 5.91 Å². The number of carbonyl (C=O) groups is 1. The Bertz CT molecular complexity index is 816. The van der Waals surface area contributed by atoms with Gasteiger partial charge >= 0.3 is 0 Å². The van der Waals surface area contributed by atoms with Crippen LogP contribution in [0.4, 0.5) is 5.13 Å². The molecule has 122 valence electrons. The van der Waals surface area contributed by atoms with Gasteiger partial charge in [0, 0.05) is 24.4 Å². The first-order chi connectivity index (χ1) is 10.9. The van der Waals surface area contributed by atoms with E-state index in [2.05, 4.69) is 10.3 Å². The Labute approximate surface area is 139 Å². The fourth-order valence-electron chi connectivity index (χ4n) is 2.45. The molecule has 0 saturated heterocycles. The van der Waals surface area contributed by atoms with Crippen LogP contribution in [0.3, 0.4) is 0 Å². The van der Waals surface area contributed by atoms with Crippen LogP contribution in [0.15, 0.2) is 30.3 Å². The van der Waals surface area contributed by atoms with Crippen molar-refractivity contribution in [2.24, 2.45) is 0 Å². The van der Waals surface area contributed by atoms with E-state index >= 15 is 0 Å². The third-order valence-corrected chi connectivity index (χ3v) is 5.87. The standard InChI is InChI=1S/C15H17N3O3S2/c1-23(20,21)18-8-7-12-13(10-18)22-15(16-12)17-14(19)9-11-5-3-2-4-6-11/h2-6H,7-10H2,1H3,(H,16,17,19). The zero-order chi connectivity index (χ0) is 16.4. The van der Waals surface area contributed by atoms with E-state index in [1.807, 2.05) is 30.3 Å². The molecular formula is C15H17N3O3S2. The number of thiazole rings is 1. The van der Waals surface area contributed by atoms with Gasteiger partial charge in [-0.2, -0.15) is 4.31 Å². The van der Waals surface area contributed by atoms with Gasteiger partial charge < -0.3 is 5.32 Å². The molecular weight excluding hydrogens is 334 g/mol. The Hall–Kier alpha value is -1.77. The summed E-state index contributed by atoms with van der Waals surface area (Å²) in [7, 11) is -3.20. The van der Waals surface area contributed by atoms with Crippen LogP contribution in [-0.2, 0) is 34.2 Å². The van der Waals surface area contributed by atoms with Crippen molar-refractivity contribution >= 4 is 32.4 Å². The van der Waals surface area contributed by atoms with Crippen LogP contribution in [-0.4, -0.2) is 36.4 Å². The van der Waals surface area contributed by atoms with Crippen LogP contribution < -0.4 is 5.32 Å². The van der Waals surface area contributed by atoms with Gasteiger partial charge in [0.15, 0.2) is 5.13 Å². The van der Waals surface area contributed by atoms with Crippen LogP contribution in [0.1, 0.15) is 16.1 Å². The Morgan fingerprint density at radius 2 is 2.09 bits per heavy atom. The van der Waals surface area contributed by atoms with Crippen molar-refractivity contribution in [3.05, 3.63) is 46.5 Å². The summed E-state index contributed by atoms with van der Waals surface area (Å²) >= 11 is 1.34. The van der Waals surface area contributed by atoms with Gasteiger partial charge in [-0.25, -0.2) is 13.4 Å². The summed E-state index contributed by atoms with van der Waals surface area (Å²) in [6.07, 6.45) is 2.08. The number of hydrogen-bond acceptors (Lipinski definition) is 5. The number of aromatic nitrogens is 1. The van der Waals surface area contributed by atoms with E-state index in [0.717, 1.165) is 16.1 Å². The van der Waals surface area contributed by atoms with Crippen LogP contribution in [0.5, 0.6) is 0 Å². The maximum absolute atomic E-state index is 12.1. The lowest BCUT2D eigenvalue weighted by atomic mass is 10.1. The predicted octanol–water partition coefficient (Wildman–Crippen LogP) is 1.64. The summed E-state index contributed by atoms with van der Waals surface area (Å²) < 4.78 is 24.7. The van der Waals surface area contributed by atoms with Crippen molar-refractivity contribution in [1.29, 1.82) is 0 Å². The average Bonchev–Trinajstić information content (AvgIpc) is 2.88. The molecule has 6 nitrogen and oxygen atoms in total. The van der Waals surface area contributed by atoms with Gasteiger partial charge in [0.1, 0.15) is 0 Å². The van der Waals surface area contributed by atoms with Gasteiger partial charge in [-0.15, -0.1) is 11.3 Å². The number of fused-ring (bicyclic) bond motifs is 1. The van der Waals surface area contributed by atoms with Gasteiger partial charge in [0.05, 0.1) is 18.4 Å². The van der Waals surface area contributed by atoms with Crippen LogP contribution in [0, 0.1) is 0 Å². The minimum absolute atomic E-state index is 0.123. The van der Waals surface area contributed by atoms with E-state index in [1.165, 1.54) is 21.9 Å². The number of sulfonamides is 1. The van der Waals surface area contributed by atoms with Crippen molar-refractivity contribution in [2.45, 2.75) is 19.4 Å². The second kappa shape index (κ2) is 6.38. The summed E-state index contributed by atoms with van der Waals surface area (Å²) in [5.41, 5.74) is 1.82. The Morgan fingerprint density at radius 1 is 1.35 bits per heavy atom. The summed E-state index contributed by atoms with van der Waals surface area (Å²) in [6.45, 7) is 0.771. The molecule has 2 aromatic rings. The fraction of sp³-hybridized carbons (Fsp3) is 0.333. The first kappa shape index (κ1) is 16.1. The number of hydrogen-bond donors (Lipinski definition) is 1. The molecule has 0 spiro atoms. The van der Waals surface area contributed by atoms with Gasteiger partial charge in [0.2, 0.25) is 15.9 Å². The Kier molecular flexibility index (Phi) is 4.47. The minimum atomic E-state index is -3.20. The van der Waals surface area contributed by atoms with Crippen LogP contribution in [0.25, 0.3) is 0 Å². The molecule has 8 heteroatoms. The smallest absolute Gasteiger partial charge is 0.230 e. The van der Waals surface area contributed by atoms with Crippen LogP contribution in [0.2, 0.25) is 0 Å². The van der Waals surface area contributed by atoms with Gasteiger partial charge in [-0.3, -0.25) is 4.79 Å². The zero-order valence-corrected chi connectivity index (χ0v) is 14.3. The first-order valence-electron chi connectivity index (χ1n) is 7.19. The van der Waals surface area contributed by atoms with Crippen LogP contribution >= 0.6 is 11.3 Å². The summed E-state index contributed by atoms with van der Waals surface area (Å²) in [4.78, 5) is 17.4.